The van der Waals surface area contributed by atoms with Crippen LogP contribution in [0.5, 0.6) is 5.75 Å². The van der Waals surface area contributed by atoms with Crippen molar-refractivity contribution < 1.29 is 22.7 Å². The van der Waals surface area contributed by atoms with Crippen molar-refractivity contribution in [2.75, 3.05) is 6.54 Å². The molecule has 178 valence electrons. The fourth-order valence-corrected chi connectivity index (χ4v) is 5.63. The summed E-state index contributed by atoms with van der Waals surface area (Å²) in [7, 11) is -3.88. The van der Waals surface area contributed by atoms with Gasteiger partial charge in [0.2, 0.25) is 15.9 Å². The minimum absolute atomic E-state index is 0.0377. The fourth-order valence-electron chi connectivity index (χ4n) is 3.97. The van der Waals surface area contributed by atoms with Gasteiger partial charge in [-0.25, -0.2) is 8.42 Å². The van der Waals surface area contributed by atoms with Crippen molar-refractivity contribution in [1.82, 2.24) is 9.62 Å². The van der Waals surface area contributed by atoms with Crippen LogP contribution in [0.2, 0.25) is 0 Å². The maximum absolute atomic E-state index is 13.3. The van der Waals surface area contributed by atoms with E-state index in [1.54, 1.807) is 0 Å². The number of benzene rings is 2. The van der Waals surface area contributed by atoms with Crippen LogP contribution in [0.1, 0.15) is 68.9 Å². The molecule has 1 heterocycles. The first-order valence-electron chi connectivity index (χ1n) is 11.3. The summed E-state index contributed by atoms with van der Waals surface area (Å²) in [5.41, 5.74) is 1.32. The number of hydrogen-bond acceptors (Lipinski definition) is 5. The molecule has 0 aliphatic carbocycles. The first kappa shape index (κ1) is 24.9. The van der Waals surface area contributed by atoms with Crippen LogP contribution in [0, 0.1) is 0 Å². The number of hydrogen-bond donors (Lipinski definition) is 1. The van der Waals surface area contributed by atoms with E-state index in [0.717, 1.165) is 17.7 Å². The van der Waals surface area contributed by atoms with Gasteiger partial charge in [-0.2, -0.15) is 4.31 Å². The molecule has 33 heavy (non-hydrogen) atoms. The van der Waals surface area contributed by atoms with E-state index in [4.69, 9.17) is 4.74 Å². The van der Waals surface area contributed by atoms with Crippen LogP contribution < -0.4 is 10.1 Å². The number of rotatable bonds is 8. The second-order valence-corrected chi connectivity index (χ2v) is 10.6. The van der Waals surface area contributed by atoms with Gasteiger partial charge in [-0.3, -0.25) is 9.59 Å². The molecule has 2 aromatic carbocycles. The quantitative estimate of drug-likeness (QED) is 0.584. The molecule has 0 aromatic heterocycles. The molecule has 0 saturated carbocycles. The summed E-state index contributed by atoms with van der Waals surface area (Å²) in [6.07, 6.45) is 1.97. The lowest BCUT2D eigenvalue weighted by Gasteiger charge is -2.34. The van der Waals surface area contributed by atoms with Crippen LogP contribution in [-0.2, 0) is 14.8 Å². The maximum atomic E-state index is 13.3. The smallest absolute Gasteiger partial charge is 0.243 e. The third-order valence-corrected chi connectivity index (χ3v) is 7.63. The van der Waals surface area contributed by atoms with Crippen molar-refractivity contribution in [2.24, 2.45) is 0 Å². The SMILES string of the molecule is CC(=O)c1ccc(S(=O)(=O)N2CCCCC2C(=O)NC(C)c2cccc(OC(C)C)c2)cc1. The van der Waals surface area contributed by atoms with E-state index >= 15 is 0 Å². The van der Waals surface area contributed by atoms with Gasteiger partial charge < -0.3 is 10.1 Å². The van der Waals surface area contributed by atoms with E-state index in [0.29, 0.717) is 18.4 Å². The third kappa shape index (κ3) is 6.00. The van der Waals surface area contributed by atoms with E-state index in [2.05, 4.69) is 5.32 Å². The monoisotopic (exact) mass is 472 g/mol. The number of carbonyl (C=O) groups excluding carboxylic acids is 2. The summed E-state index contributed by atoms with van der Waals surface area (Å²) in [5, 5.41) is 2.98. The van der Waals surface area contributed by atoms with Gasteiger partial charge in [0.1, 0.15) is 11.8 Å². The number of Topliss-reactive ketones (excluding diaryl/α,β-unsaturated/α-hetero) is 1. The summed E-state index contributed by atoms with van der Waals surface area (Å²) in [4.78, 5) is 24.8. The number of ether oxygens (including phenoxy) is 1. The normalized spacial score (nSPS) is 18.0. The Morgan fingerprint density at radius 1 is 1.06 bits per heavy atom. The van der Waals surface area contributed by atoms with Gasteiger partial charge in [0.15, 0.2) is 5.78 Å². The summed E-state index contributed by atoms with van der Waals surface area (Å²) in [6.45, 7) is 7.48. The Balaban J connectivity index is 1.78. The van der Waals surface area contributed by atoms with Gasteiger partial charge in [-0.05, 0) is 70.4 Å². The first-order chi connectivity index (χ1) is 15.6. The molecule has 2 aromatic rings. The standard InChI is InChI=1S/C25H32N2O5S/c1-17(2)32-22-9-7-8-21(16-22)18(3)26-25(29)24-10-5-6-15-27(24)33(30,31)23-13-11-20(12-14-23)19(4)28/h7-9,11-14,16-18,24H,5-6,10,15H2,1-4H3,(H,26,29). The number of ketones is 1. The summed E-state index contributed by atoms with van der Waals surface area (Å²) in [5.74, 6) is 0.270. The summed E-state index contributed by atoms with van der Waals surface area (Å²) in [6, 6.07) is 12.3. The second kappa shape index (κ2) is 10.5. The molecule has 0 radical (unpaired) electrons. The predicted octanol–water partition coefficient (Wildman–Crippen LogP) is 4.10. The van der Waals surface area contributed by atoms with Crippen LogP contribution in [0.4, 0.5) is 0 Å². The minimum Gasteiger partial charge on any atom is -0.491 e. The Labute approximate surface area is 196 Å². The molecular weight excluding hydrogens is 440 g/mol. The lowest BCUT2D eigenvalue weighted by Crippen LogP contribution is -2.52. The Morgan fingerprint density at radius 2 is 1.76 bits per heavy atom. The number of amides is 1. The van der Waals surface area contributed by atoms with Crippen molar-refractivity contribution in [3.63, 3.8) is 0 Å². The molecule has 1 saturated heterocycles. The summed E-state index contributed by atoms with van der Waals surface area (Å²) < 4.78 is 33.7. The number of nitrogens with zero attached hydrogens (tertiary/aromatic N) is 1. The van der Waals surface area contributed by atoms with Gasteiger partial charge >= 0.3 is 0 Å². The first-order valence-corrected chi connectivity index (χ1v) is 12.7. The summed E-state index contributed by atoms with van der Waals surface area (Å²) >= 11 is 0. The van der Waals surface area contributed by atoms with Crippen molar-refractivity contribution >= 4 is 21.7 Å². The molecule has 0 bridgehead atoms. The molecule has 0 spiro atoms. The Kier molecular flexibility index (Phi) is 7.92. The molecule has 8 heteroatoms. The number of piperidine rings is 1. The number of sulfonamides is 1. The number of carbonyl (C=O) groups is 2. The highest BCUT2D eigenvalue weighted by molar-refractivity contribution is 7.89. The zero-order valence-electron chi connectivity index (χ0n) is 19.6. The highest BCUT2D eigenvalue weighted by Gasteiger charge is 2.38. The average molecular weight is 473 g/mol. The molecule has 3 rings (SSSR count). The van der Waals surface area contributed by atoms with Crippen LogP contribution in [0.25, 0.3) is 0 Å². The maximum Gasteiger partial charge on any atom is 0.243 e. The lowest BCUT2D eigenvalue weighted by molar-refractivity contribution is -0.126. The van der Waals surface area contributed by atoms with Gasteiger partial charge in [0.05, 0.1) is 17.0 Å². The van der Waals surface area contributed by atoms with E-state index in [1.165, 1.54) is 35.5 Å². The van der Waals surface area contributed by atoms with E-state index in [1.807, 2.05) is 45.0 Å². The molecule has 1 amide bonds. The van der Waals surface area contributed by atoms with Crippen molar-refractivity contribution in [3.05, 3.63) is 59.7 Å². The molecule has 1 aliphatic heterocycles. The van der Waals surface area contributed by atoms with Crippen LogP contribution in [-0.4, -0.2) is 43.1 Å². The molecule has 7 nitrogen and oxygen atoms in total. The van der Waals surface area contributed by atoms with Crippen molar-refractivity contribution in [3.8, 4) is 5.75 Å². The lowest BCUT2D eigenvalue weighted by atomic mass is 10.0. The zero-order chi connectivity index (χ0) is 24.2. The predicted molar refractivity (Wildman–Crippen MR) is 127 cm³/mol. The third-order valence-electron chi connectivity index (χ3n) is 5.71. The van der Waals surface area contributed by atoms with E-state index in [-0.39, 0.29) is 35.3 Å². The van der Waals surface area contributed by atoms with Crippen molar-refractivity contribution in [2.45, 2.75) is 70.0 Å². The molecule has 2 unspecified atom stereocenters. The van der Waals surface area contributed by atoms with Gasteiger partial charge in [0, 0.05) is 12.1 Å². The Hall–Kier alpha value is -2.71. The largest absolute Gasteiger partial charge is 0.491 e. The second-order valence-electron chi connectivity index (χ2n) is 8.68. The molecular formula is C25H32N2O5S. The number of nitrogens with one attached hydrogen (secondary N) is 1. The van der Waals surface area contributed by atoms with E-state index in [9.17, 15) is 18.0 Å². The van der Waals surface area contributed by atoms with E-state index < -0.39 is 16.1 Å². The zero-order valence-corrected chi connectivity index (χ0v) is 20.4. The highest BCUT2D eigenvalue weighted by atomic mass is 32.2. The molecule has 1 N–H and O–H groups in total. The fraction of sp³-hybridized carbons (Fsp3) is 0.440. The van der Waals surface area contributed by atoms with Crippen molar-refractivity contribution in [1.29, 1.82) is 0 Å². The Bertz CT molecular complexity index is 1100. The van der Waals surface area contributed by atoms with Crippen LogP contribution >= 0.6 is 0 Å². The molecule has 2 atom stereocenters. The molecule has 1 aliphatic rings. The Morgan fingerprint density at radius 3 is 2.39 bits per heavy atom. The van der Waals surface area contributed by atoms with Gasteiger partial charge in [0.25, 0.3) is 0 Å². The molecule has 1 fully saturated rings. The van der Waals surface area contributed by atoms with Crippen LogP contribution in [0.3, 0.4) is 0 Å². The minimum atomic E-state index is -3.88. The van der Waals surface area contributed by atoms with Gasteiger partial charge in [-0.15, -0.1) is 0 Å². The highest BCUT2D eigenvalue weighted by Crippen LogP contribution is 2.27. The van der Waals surface area contributed by atoms with Crippen LogP contribution in [0.15, 0.2) is 53.4 Å². The topological polar surface area (TPSA) is 92.8 Å². The van der Waals surface area contributed by atoms with Gasteiger partial charge in [-0.1, -0.05) is 30.7 Å². The average Bonchev–Trinajstić information content (AvgIpc) is 2.78.